The zero-order chi connectivity index (χ0) is 19.9. The van der Waals surface area contributed by atoms with E-state index in [1.54, 1.807) is 18.3 Å². The van der Waals surface area contributed by atoms with Gasteiger partial charge in [0.2, 0.25) is 5.91 Å². The van der Waals surface area contributed by atoms with E-state index in [4.69, 9.17) is 10.6 Å². The number of pyridine rings is 1. The number of carbonyl (C=O) groups excluding carboxylic acids is 2. The molecule has 28 heavy (non-hydrogen) atoms. The quantitative estimate of drug-likeness (QED) is 0.727. The lowest BCUT2D eigenvalue weighted by atomic mass is 10.1. The summed E-state index contributed by atoms with van der Waals surface area (Å²) in [5.74, 6) is -0.480. The summed E-state index contributed by atoms with van der Waals surface area (Å²) < 4.78 is 0. The van der Waals surface area contributed by atoms with Gasteiger partial charge in [0, 0.05) is 36.8 Å². The van der Waals surface area contributed by atoms with Crippen LogP contribution in [0.3, 0.4) is 0 Å². The molecule has 146 valence electrons. The van der Waals surface area contributed by atoms with E-state index in [1.165, 1.54) is 12.0 Å². The van der Waals surface area contributed by atoms with Crippen LogP contribution in [0.5, 0.6) is 0 Å². The van der Waals surface area contributed by atoms with Crippen LogP contribution >= 0.6 is 0 Å². The van der Waals surface area contributed by atoms with Gasteiger partial charge in [-0.1, -0.05) is 23.4 Å². The lowest BCUT2D eigenvalue weighted by molar-refractivity contribution is -0.124. The first kappa shape index (κ1) is 19.5. The Balaban J connectivity index is 1.80. The zero-order valence-electron chi connectivity index (χ0n) is 15.7. The fourth-order valence-corrected chi connectivity index (χ4v) is 3.14. The van der Waals surface area contributed by atoms with Crippen LogP contribution in [0.15, 0.2) is 53.8 Å². The third-order valence-corrected chi connectivity index (χ3v) is 4.48. The monoisotopic (exact) mass is 381 g/mol. The van der Waals surface area contributed by atoms with Gasteiger partial charge in [-0.25, -0.2) is 0 Å². The number of hydrogen-bond acceptors (Lipinski definition) is 6. The molecule has 1 fully saturated rings. The third-order valence-electron chi connectivity index (χ3n) is 4.48. The lowest BCUT2D eigenvalue weighted by Crippen LogP contribution is -2.46. The Morgan fingerprint density at radius 1 is 1.29 bits per heavy atom. The Bertz CT molecular complexity index is 852. The average Bonchev–Trinajstić information content (AvgIpc) is 3.16. The first-order valence-electron chi connectivity index (χ1n) is 9.03. The Morgan fingerprint density at radius 2 is 2.07 bits per heavy atom. The normalized spacial score (nSPS) is 17.6. The number of nitrogens with zero attached hydrogens (tertiary/aromatic N) is 3. The van der Waals surface area contributed by atoms with Crippen LogP contribution in [-0.2, 0) is 9.63 Å². The lowest BCUT2D eigenvalue weighted by Gasteiger charge is -2.23. The van der Waals surface area contributed by atoms with Gasteiger partial charge in [-0.3, -0.25) is 14.6 Å². The number of carbonyl (C=O) groups is 2. The molecule has 0 unspecified atom stereocenters. The Labute approximate surface area is 163 Å². The highest BCUT2D eigenvalue weighted by Crippen LogP contribution is 2.22. The van der Waals surface area contributed by atoms with Crippen molar-refractivity contribution in [3.8, 4) is 11.3 Å². The fourth-order valence-electron chi connectivity index (χ4n) is 3.14. The van der Waals surface area contributed by atoms with Crippen molar-refractivity contribution >= 4 is 17.5 Å². The Kier molecular flexibility index (Phi) is 6.33. The van der Waals surface area contributed by atoms with E-state index >= 15 is 0 Å². The highest BCUT2D eigenvalue weighted by Gasteiger charge is 2.38. The van der Waals surface area contributed by atoms with Crippen molar-refractivity contribution in [1.82, 2.24) is 15.2 Å². The molecule has 0 bridgehead atoms. The number of likely N-dealkylation sites (tertiary alicyclic amines) is 1. The van der Waals surface area contributed by atoms with Crippen molar-refractivity contribution in [2.24, 2.45) is 10.9 Å². The van der Waals surface area contributed by atoms with Crippen molar-refractivity contribution in [2.45, 2.75) is 12.5 Å². The molecule has 8 heteroatoms. The van der Waals surface area contributed by atoms with E-state index in [-0.39, 0.29) is 18.4 Å². The topological polar surface area (TPSA) is 110 Å². The van der Waals surface area contributed by atoms with E-state index in [0.717, 1.165) is 11.3 Å². The van der Waals surface area contributed by atoms with Crippen LogP contribution in [-0.4, -0.2) is 60.2 Å². The molecule has 0 spiro atoms. The maximum Gasteiger partial charge on any atom is 0.254 e. The van der Waals surface area contributed by atoms with Crippen LogP contribution in [0.25, 0.3) is 11.3 Å². The summed E-state index contributed by atoms with van der Waals surface area (Å²) >= 11 is 0. The summed E-state index contributed by atoms with van der Waals surface area (Å²) in [7, 11) is 1.44. The van der Waals surface area contributed by atoms with Crippen LogP contribution in [0.4, 0.5) is 0 Å². The minimum atomic E-state index is -0.636. The molecular weight excluding hydrogens is 358 g/mol. The van der Waals surface area contributed by atoms with E-state index in [1.807, 2.05) is 30.3 Å². The molecule has 1 aliphatic rings. The second kappa shape index (κ2) is 9.09. The van der Waals surface area contributed by atoms with Crippen molar-refractivity contribution in [1.29, 1.82) is 0 Å². The highest BCUT2D eigenvalue weighted by atomic mass is 16.6. The van der Waals surface area contributed by atoms with Gasteiger partial charge in [0.05, 0.1) is 18.0 Å². The van der Waals surface area contributed by atoms with Crippen molar-refractivity contribution in [2.75, 3.05) is 26.7 Å². The molecule has 1 aromatic heterocycles. The SMILES string of the molecule is CON=C1C[C@@H](C(=O)NCCN)N(C(=O)c2ccc(-c3ccccn3)cc2)C1. The van der Waals surface area contributed by atoms with Gasteiger partial charge in [0.15, 0.2) is 0 Å². The highest BCUT2D eigenvalue weighted by molar-refractivity contribution is 6.05. The van der Waals surface area contributed by atoms with Gasteiger partial charge in [-0.15, -0.1) is 0 Å². The zero-order valence-corrected chi connectivity index (χ0v) is 15.7. The van der Waals surface area contributed by atoms with Crippen LogP contribution in [0.2, 0.25) is 0 Å². The summed E-state index contributed by atoms with van der Waals surface area (Å²) in [6.45, 7) is 0.933. The maximum absolute atomic E-state index is 13.0. The minimum absolute atomic E-state index is 0.234. The number of hydrogen-bond donors (Lipinski definition) is 2. The Morgan fingerprint density at radius 3 is 2.71 bits per heavy atom. The molecule has 3 N–H and O–H groups in total. The smallest absolute Gasteiger partial charge is 0.254 e. The standard InChI is InChI=1S/C20H23N5O3/c1-28-24-16-12-18(19(26)23-11-9-21)25(13-16)20(27)15-7-5-14(6-8-15)17-4-2-3-10-22-17/h2-8,10,18H,9,11-13,21H2,1H3,(H,23,26)/t18-/m0/s1. The molecule has 2 heterocycles. The first-order chi connectivity index (χ1) is 13.6. The summed E-state index contributed by atoms with van der Waals surface area (Å²) in [4.78, 5) is 36.2. The van der Waals surface area contributed by atoms with E-state index in [2.05, 4.69) is 15.5 Å². The molecule has 2 aromatic rings. The average molecular weight is 381 g/mol. The molecule has 0 saturated carbocycles. The maximum atomic E-state index is 13.0. The summed E-state index contributed by atoms with van der Waals surface area (Å²) in [6.07, 6.45) is 2.06. The van der Waals surface area contributed by atoms with E-state index < -0.39 is 6.04 Å². The summed E-state index contributed by atoms with van der Waals surface area (Å²) in [5.41, 5.74) is 8.34. The largest absolute Gasteiger partial charge is 0.399 e. The number of rotatable bonds is 6. The number of nitrogens with one attached hydrogen (secondary N) is 1. The van der Waals surface area contributed by atoms with Gasteiger partial charge in [0.1, 0.15) is 13.2 Å². The predicted octanol–water partition coefficient (Wildman–Crippen LogP) is 1.04. The predicted molar refractivity (Wildman–Crippen MR) is 106 cm³/mol. The van der Waals surface area contributed by atoms with Gasteiger partial charge >= 0.3 is 0 Å². The molecular formula is C20H23N5O3. The van der Waals surface area contributed by atoms with Crippen molar-refractivity contribution in [3.63, 3.8) is 0 Å². The molecule has 8 nitrogen and oxygen atoms in total. The summed E-state index contributed by atoms with van der Waals surface area (Å²) in [5, 5.41) is 6.67. The fraction of sp³-hybridized carbons (Fsp3) is 0.300. The number of amides is 2. The molecule has 0 aliphatic carbocycles. The number of benzene rings is 1. The summed E-state index contributed by atoms with van der Waals surface area (Å²) in [6, 6.07) is 12.2. The number of oxime groups is 1. The second-order valence-electron chi connectivity index (χ2n) is 6.37. The number of nitrogens with two attached hydrogens (primary N) is 1. The van der Waals surface area contributed by atoms with Crippen molar-refractivity contribution in [3.05, 3.63) is 54.2 Å². The van der Waals surface area contributed by atoms with E-state index in [9.17, 15) is 9.59 Å². The Hall–Kier alpha value is -3.26. The van der Waals surface area contributed by atoms with E-state index in [0.29, 0.717) is 30.8 Å². The molecule has 1 aromatic carbocycles. The molecule has 1 aliphatic heterocycles. The van der Waals surface area contributed by atoms with Crippen LogP contribution in [0.1, 0.15) is 16.8 Å². The van der Waals surface area contributed by atoms with Gasteiger partial charge in [-0.2, -0.15) is 0 Å². The molecule has 0 radical (unpaired) electrons. The molecule has 3 rings (SSSR count). The third kappa shape index (κ3) is 4.34. The number of aromatic nitrogens is 1. The minimum Gasteiger partial charge on any atom is -0.399 e. The first-order valence-corrected chi connectivity index (χ1v) is 9.03. The van der Waals surface area contributed by atoms with Crippen LogP contribution in [0, 0.1) is 0 Å². The van der Waals surface area contributed by atoms with Crippen LogP contribution < -0.4 is 11.1 Å². The molecule has 1 saturated heterocycles. The van der Waals surface area contributed by atoms with Gasteiger partial charge < -0.3 is 20.8 Å². The molecule has 2 amide bonds. The van der Waals surface area contributed by atoms with Gasteiger partial charge in [-0.05, 0) is 24.3 Å². The second-order valence-corrected chi connectivity index (χ2v) is 6.37. The van der Waals surface area contributed by atoms with Gasteiger partial charge in [0.25, 0.3) is 5.91 Å². The molecule has 1 atom stereocenters. The van der Waals surface area contributed by atoms with Crippen molar-refractivity contribution < 1.29 is 14.4 Å².